The first-order valence-corrected chi connectivity index (χ1v) is 9.51. The molecule has 1 aliphatic heterocycles. The van der Waals surface area contributed by atoms with Gasteiger partial charge in [-0.25, -0.2) is 0 Å². The molecule has 5 nitrogen and oxygen atoms in total. The number of hydrogen-bond acceptors (Lipinski definition) is 4. The van der Waals surface area contributed by atoms with Crippen LogP contribution < -0.4 is 10.5 Å². The van der Waals surface area contributed by atoms with E-state index >= 15 is 0 Å². The number of fused-ring (bicyclic) bond motifs is 1. The second-order valence-electron chi connectivity index (χ2n) is 7.06. The third-order valence-electron chi connectivity index (χ3n) is 4.99. The Morgan fingerprint density at radius 1 is 1.07 bits per heavy atom. The molecule has 3 N–H and O–H groups in total. The summed E-state index contributed by atoms with van der Waals surface area (Å²) in [7, 11) is 0. The van der Waals surface area contributed by atoms with Crippen molar-refractivity contribution in [3.05, 3.63) is 88.5 Å². The minimum absolute atomic E-state index is 0.0642. The summed E-state index contributed by atoms with van der Waals surface area (Å²) in [6.07, 6.45) is 1.86. The van der Waals surface area contributed by atoms with Crippen molar-refractivity contribution >= 4 is 12.2 Å². The molecule has 0 fully saturated rings. The van der Waals surface area contributed by atoms with E-state index in [-0.39, 0.29) is 6.42 Å². The number of aliphatic imine (C=N–C) groups is 1. The van der Waals surface area contributed by atoms with Gasteiger partial charge in [0.15, 0.2) is 0 Å². The Morgan fingerprint density at radius 2 is 1.93 bits per heavy atom. The molecular weight excluding hydrogens is 364 g/mol. The van der Waals surface area contributed by atoms with Crippen LogP contribution in [-0.2, 0) is 30.9 Å². The lowest BCUT2D eigenvalue weighted by atomic mass is 9.93. The number of benzene rings is 3. The van der Waals surface area contributed by atoms with E-state index < -0.39 is 5.97 Å². The van der Waals surface area contributed by atoms with Crippen molar-refractivity contribution in [1.82, 2.24) is 0 Å². The van der Waals surface area contributed by atoms with Gasteiger partial charge in [0.1, 0.15) is 12.4 Å². The number of carbonyl (C=O) groups is 1. The van der Waals surface area contributed by atoms with Crippen LogP contribution in [0.4, 0.5) is 0 Å². The summed E-state index contributed by atoms with van der Waals surface area (Å²) in [4.78, 5) is 15.5. The van der Waals surface area contributed by atoms with E-state index in [0.717, 1.165) is 33.4 Å². The van der Waals surface area contributed by atoms with Crippen LogP contribution in [0.25, 0.3) is 11.1 Å². The summed E-state index contributed by atoms with van der Waals surface area (Å²) in [5.74, 6) is -0.281. The fourth-order valence-corrected chi connectivity index (χ4v) is 3.60. The molecule has 0 saturated carbocycles. The molecule has 3 aromatic carbocycles. The molecule has 0 amide bonds. The first-order valence-electron chi connectivity index (χ1n) is 9.51. The number of aliphatic carboxylic acids is 1. The standard InChI is InChI=1S/C24H22N2O3/c25-12-16-4-3-6-18(8-16)21-10-17(9-20-13-26-14-22(20)21)15-29-23-7-2-1-5-19(23)11-24(27)28/h1-10,14H,11-13,15,25H2,(H,27,28). The lowest BCUT2D eigenvalue weighted by Gasteiger charge is -2.14. The predicted octanol–water partition coefficient (Wildman–Crippen LogP) is 3.95. The summed E-state index contributed by atoms with van der Waals surface area (Å²) >= 11 is 0. The molecule has 0 aliphatic carbocycles. The normalized spacial score (nSPS) is 12.0. The van der Waals surface area contributed by atoms with E-state index in [1.807, 2.05) is 30.5 Å². The van der Waals surface area contributed by atoms with Crippen LogP contribution in [-0.4, -0.2) is 17.3 Å². The second-order valence-corrected chi connectivity index (χ2v) is 7.06. The fourth-order valence-electron chi connectivity index (χ4n) is 3.60. The third kappa shape index (κ3) is 4.20. The maximum Gasteiger partial charge on any atom is 0.307 e. The summed E-state index contributed by atoms with van der Waals surface area (Å²) < 4.78 is 6.00. The van der Waals surface area contributed by atoms with Crippen molar-refractivity contribution in [3.63, 3.8) is 0 Å². The van der Waals surface area contributed by atoms with Crippen molar-refractivity contribution in [1.29, 1.82) is 0 Å². The third-order valence-corrected chi connectivity index (χ3v) is 4.99. The zero-order chi connectivity index (χ0) is 20.2. The minimum Gasteiger partial charge on any atom is -0.489 e. The molecule has 0 atom stereocenters. The topological polar surface area (TPSA) is 84.9 Å². The minimum atomic E-state index is -0.877. The van der Waals surface area contributed by atoms with Crippen LogP contribution in [0, 0.1) is 0 Å². The Kier molecular flexibility index (Phi) is 5.40. The highest BCUT2D eigenvalue weighted by Gasteiger charge is 2.16. The Balaban J connectivity index is 1.64. The second kappa shape index (κ2) is 8.29. The molecule has 4 rings (SSSR count). The van der Waals surface area contributed by atoms with Gasteiger partial charge >= 0.3 is 5.97 Å². The van der Waals surface area contributed by atoms with E-state index in [9.17, 15) is 4.79 Å². The molecule has 146 valence electrons. The van der Waals surface area contributed by atoms with Gasteiger partial charge in [0.05, 0.1) is 13.0 Å². The quantitative estimate of drug-likeness (QED) is 0.644. The van der Waals surface area contributed by atoms with Gasteiger partial charge in [0.2, 0.25) is 0 Å². The van der Waals surface area contributed by atoms with Gasteiger partial charge in [0, 0.05) is 23.9 Å². The fraction of sp³-hybridized carbons (Fsp3) is 0.167. The maximum absolute atomic E-state index is 11.1. The average Bonchev–Trinajstić information content (AvgIpc) is 3.21. The molecule has 1 heterocycles. The molecule has 1 aliphatic rings. The van der Waals surface area contributed by atoms with Crippen LogP contribution in [0.15, 0.2) is 65.7 Å². The van der Waals surface area contributed by atoms with Gasteiger partial charge < -0.3 is 15.6 Å². The van der Waals surface area contributed by atoms with E-state index in [4.69, 9.17) is 15.6 Å². The molecule has 0 radical (unpaired) electrons. The van der Waals surface area contributed by atoms with Gasteiger partial charge in [-0.15, -0.1) is 0 Å². The van der Waals surface area contributed by atoms with Crippen molar-refractivity contribution in [2.45, 2.75) is 26.1 Å². The molecule has 0 bridgehead atoms. The molecule has 0 saturated heterocycles. The van der Waals surface area contributed by atoms with Gasteiger partial charge in [-0.3, -0.25) is 9.79 Å². The Labute approximate surface area is 169 Å². The molecule has 0 spiro atoms. The number of nitrogens with zero attached hydrogens (tertiary/aromatic N) is 1. The highest BCUT2D eigenvalue weighted by molar-refractivity contribution is 5.94. The number of carboxylic acid groups (broad SMARTS) is 1. The van der Waals surface area contributed by atoms with E-state index in [0.29, 0.717) is 31.0 Å². The summed E-state index contributed by atoms with van der Waals surface area (Å²) in [5.41, 5.74) is 13.1. The van der Waals surface area contributed by atoms with E-state index in [1.165, 1.54) is 0 Å². The highest BCUT2D eigenvalue weighted by atomic mass is 16.5. The average molecular weight is 386 g/mol. The van der Waals surface area contributed by atoms with Crippen molar-refractivity contribution < 1.29 is 14.6 Å². The number of nitrogens with two attached hydrogens (primary N) is 1. The van der Waals surface area contributed by atoms with Gasteiger partial charge in [0.25, 0.3) is 0 Å². The van der Waals surface area contributed by atoms with Crippen LogP contribution >= 0.6 is 0 Å². The van der Waals surface area contributed by atoms with Crippen molar-refractivity contribution in [3.8, 4) is 16.9 Å². The maximum atomic E-state index is 11.1. The molecular formula is C24H22N2O3. The molecule has 3 aromatic rings. The van der Waals surface area contributed by atoms with Crippen LogP contribution in [0.1, 0.15) is 27.8 Å². The van der Waals surface area contributed by atoms with Gasteiger partial charge in [-0.2, -0.15) is 0 Å². The number of hydrogen-bond donors (Lipinski definition) is 2. The summed E-state index contributed by atoms with van der Waals surface area (Å²) in [6, 6.07) is 19.7. The summed E-state index contributed by atoms with van der Waals surface area (Å²) in [5, 5.41) is 9.11. The first-order chi connectivity index (χ1) is 14.1. The van der Waals surface area contributed by atoms with E-state index in [2.05, 4.69) is 29.3 Å². The monoisotopic (exact) mass is 386 g/mol. The number of rotatable bonds is 7. The lowest BCUT2D eigenvalue weighted by molar-refractivity contribution is -0.136. The van der Waals surface area contributed by atoms with Gasteiger partial charge in [-0.1, -0.05) is 36.4 Å². The number of ether oxygens (including phenoxy) is 1. The van der Waals surface area contributed by atoms with Crippen LogP contribution in [0.5, 0.6) is 5.75 Å². The van der Waals surface area contributed by atoms with Crippen LogP contribution in [0.3, 0.4) is 0 Å². The Hall–Kier alpha value is -3.44. The lowest BCUT2D eigenvalue weighted by Crippen LogP contribution is -2.05. The smallest absolute Gasteiger partial charge is 0.307 e. The highest BCUT2D eigenvalue weighted by Crippen LogP contribution is 2.31. The molecule has 5 heteroatoms. The zero-order valence-corrected chi connectivity index (χ0v) is 16.0. The largest absolute Gasteiger partial charge is 0.489 e. The molecule has 0 unspecified atom stereocenters. The van der Waals surface area contributed by atoms with Gasteiger partial charge in [-0.05, 0) is 52.1 Å². The Morgan fingerprint density at radius 3 is 2.76 bits per heavy atom. The first kappa shape index (κ1) is 18.9. The predicted molar refractivity (Wildman–Crippen MR) is 113 cm³/mol. The Bertz CT molecular complexity index is 1090. The van der Waals surface area contributed by atoms with Crippen molar-refractivity contribution in [2.75, 3.05) is 0 Å². The molecule has 0 aromatic heterocycles. The summed E-state index contributed by atoms with van der Waals surface area (Å²) in [6.45, 7) is 1.50. The molecule has 29 heavy (non-hydrogen) atoms. The number of para-hydroxylation sites is 1. The van der Waals surface area contributed by atoms with Crippen molar-refractivity contribution in [2.24, 2.45) is 10.7 Å². The van der Waals surface area contributed by atoms with E-state index in [1.54, 1.807) is 12.1 Å². The zero-order valence-electron chi connectivity index (χ0n) is 16.0. The van der Waals surface area contributed by atoms with Crippen LogP contribution in [0.2, 0.25) is 0 Å². The number of carboxylic acids is 1. The SMILES string of the molecule is NCc1cccc(-c2cc(COc3ccccc3CC(=O)O)cc3c2C=NC3)c1.